The van der Waals surface area contributed by atoms with Crippen LogP contribution in [0, 0.1) is 0 Å². The number of methoxy groups -OCH3 is 1. The summed E-state index contributed by atoms with van der Waals surface area (Å²) in [6.45, 7) is 3.75. The lowest BCUT2D eigenvalue weighted by atomic mass is 10.0. The molecule has 6 rings (SSSR count). The minimum atomic E-state index is 0.0983. The van der Waals surface area contributed by atoms with Gasteiger partial charge in [0.25, 0.3) is 5.91 Å². The molecule has 0 fully saturated rings. The Balaban J connectivity index is 1.34. The summed E-state index contributed by atoms with van der Waals surface area (Å²) in [6, 6.07) is 23.7. The van der Waals surface area contributed by atoms with Crippen LogP contribution in [0.2, 0.25) is 0 Å². The summed E-state index contributed by atoms with van der Waals surface area (Å²) in [5.41, 5.74) is 4.52. The molecule has 0 radical (unpaired) electrons. The van der Waals surface area contributed by atoms with Gasteiger partial charge >= 0.3 is 0 Å². The van der Waals surface area contributed by atoms with Gasteiger partial charge in [-0.25, -0.2) is 0 Å². The molecule has 3 heterocycles. The lowest BCUT2D eigenvalue weighted by Crippen LogP contribution is -2.32. The van der Waals surface area contributed by atoms with Gasteiger partial charge in [0.2, 0.25) is 0 Å². The van der Waals surface area contributed by atoms with Crippen molar-refractivity contribution in [3.63, 3.8) is 0 Å². The van der Waals surface area contributed by atoms with Crippen molar-refractivity contribution in [1.29, 1.82) is 0 Å². The fourth-order valence-electron chi connectivity index (χ4n) is 4.74. The van der Waals surface area contributed by atoms with Crippen LogP contribution in [0.25, 0.3) is 41.7 Å². The van der Waals surface area contributed by atoms with Crippen molar-refractivity contribution >= 4 is 48.8 Å². The Bertz CT molecular complexity index is 1560. The molecule has 0 unspecified atom stereocenters. The lowest BCUT2D eigenvalue weighted by Gasteiger charge is -2.19. The normalized spacial score (nSPS) is 13.8. The number of carbonyl (C=O) groups is 1. The summed E-state index contributed by atoms with van der Waals surface area (Å²) in [4.78, 5) is 16.9. The van der Waals surface area contributed by atoms with E-state index in [-0.39, 0.29) is 5.91 Å². The monoisotopic (exact) mass is 513 g/mol. The third-order valence-electron chi connectivity index (χ3n) is 6.76. The predicted molar refractivity (Wildman–Crippen MR) is 150 cm³/mol. The average molecular weight is 514 g/mol. The number of unbranched alkanes of at least 4 members (excludes halogenated alkanes) is 1. The van der Waals surface area contributed by atoms with Gasteiger partial charge in [0.1, 0.15) is 12.5 Å². The zero-order valence-corrected chi connectivity index (χ0v) is 22.0. The number of nitrogens with zero attached hydrogens (tertiary/aromatic N) is 1. The molecule has 1 aliphatic rings. The van der Waals surface area contributed by atoms with E-state index in [1.165, 1.54) is 31.3 Å². The second-order valence-corrected chi connectivity index (χ2v) is 11.3. The van der Waals surface area contributed by atoms with E-state index in [1.54, 1.807) is 18.4 Å². The molecule has 2 aromatic heterocycles. The Kier molecular flexibility index (Phi) is 6.25. The van der Waals surface area contributed by atoms with Crippen LogP contribution in [0.3, 0.4) is 0 Å². The van der Waals surface area contributed by atoms with Gasteiger partial charge in [-0.2, -0.15) is 0 Å². The summed E-state index contributed by atoms with van der Waals surface area (Å²) in [7, 11) is 1.69. The molecule has 1 aliphatic heterocycles. The number of carbonyl (C=O) groups excluding carboxylic acids is 1. The van der Waals surface area contributed by atoms with Crippen LogP contribution in [0.1, 0.15) is 35.0 Å². The minimum Gasteiger partial charge on any atom is -0.497 e. The maximum absolute atomic E-state index is 13.2. The van der Waals surface area contributed by atoms with Crippen molar-refractivity contribution in [3.05, 3.63) is 77.2 Å². The summed E-state index contributed by atoms with van der Waals surface area (Å²) < 4.78 is 13.7. The fourth-order valence-corrected chi connectivity index (χ4v) is 7.05. The molecule has 4 nitrogen and oxygen atoms in total. The zero-order valence-electron chi connectivity index (χ0n) is 20.4. The van der Waals surface area contributed by atoms with Gasteiger partial charge in [0.05, 0.1) is 18.6 Å². The molecular formula is C30H27NO3S2. The largest absolute Gasteiger partial charge is 0.497 e. The number of thiophene rings is 2. The highest BCUT2D eigenvalue weighted by molar-refractivity contribution is 7.26. The van der Waals surface area contributed by atoms with Crippen molar-refractivity contribution in [2.75, 3.05) is 20.4 Å². The third kappa shape index (κ3) is 4.19. The maximum atomic E-state index is 13.2. The molecule has 3 aromatic carbocycles. The molecule has 0 aliphatic carbocycles. The molecule has 0 N–H and O–H groups in total. The van der Waals surface area contributed by atoms with Crippen LogP contribution in [0.4, 0.5) is 0 Å². The van der Waals surface area contributed by atoms with E-state index in [9.17, 15) is 4.79 Å². The molecule has 182 valence electrons. The molecular weight excluding hydrogens is 486 g/mol. The zero-order chi connectivity index (χ0) is 24.6. The first-order chi connectivity index (χ1) is 17.6. The van der Waals surface area contributed by atoms with Gasteiger partial charge in [-0.1, -0.05) is 49.7 Å². The van der Waals surface area contributed by atoms with Crippen molar-refractivity contribution in [3.8, 4) is 27.3 Å². The van der Waals surface area contributed by atoms with Gasteiger partial charge in [-0.05, 0) is 53.4 Å². The van der Waals surface area contributed by atoms with Crippen LogP contribution in [-0.2, 0) is 11.3 Å². The summed E-state index contributed by atoms with van der Waals surface area (Å²) in [5.74, 6) is 0.961. The Morgan fingerprint density at radius 3 is 2.31 bits per heavy atom. The van der Waals surface area contributed by atoms with Crippen molar-refractivity contribution in [1.82, 2.24) is 4.90 Å². The summed E-state index contributed by atoms with van der Waals surface area (Å²) in [6.07, 6.45) is 2.05. The molecule has 0 saturated heterocycles. The number of amides is 1. The molecule has 0 bridgehead atoms. The van der Waals surface area contributed by atoms with E-state index in [0.29, 0.717) is 13.3 Å². The Hall–Kier alpha value is -3.19. The first-order valence-electron chi connectivity index (χ1n) is 12.3. The van der Waals surface area contributed by atoms with E-state index >= 15 is 0 Å². The van der Waals surface area contributed by atoms with E-state index in [2.05, 4.69) is 61.5 Å². The molecule has 1 amide bonds. The number of benzene rings is 3. The second kappa shape index (κ2) is 9.69. The summed E-state index contributed by atoms with van der Waals surface area (Å²) >= 11 is 3.40. The minimum absolute atomic E-state index is 0.0983. The number of rotatable bonds is 6. The van der Waals surface area contributed by atoms with Gasteiger partial charge in [-0.15, -0.1) is 22.7 Å². The van der Waals surface area contributed by atoms with E-state index in [4.69, 9.17) is 9.47 Å². The Morgan fingerprint density at radius 2 is 1.58 bits per heavy atom. The molecule has 36 heavy (non-hydrogen) atoms. The number of ether oxygens (including phenoxy) is 2. The number of fused-ring (bicyclic) bond motifs is 4. The highest BCUT2D eigenvalue weighted by Crippen LogP contribution is 2.40. The molecule has 0 saturated carbocycles. The van der Waals surface area contributed by atoms with Crippen LogP contribution >= 0.6 is 22.7 Å². The van der Waals surface area contributed by atoms with Crippen LogP contribution in [0.15, 0.2) is 66.7 Å². The molecule has 0 atom stereocenters. The smallest absolute Gasteiger partial charge is 0.266 e. The Morgan fingerprint density at radius 1 is 0.889 bits per heavy atom. The number of hydrogen-bond donors (Lipinski definition) is 0. The first-order valence-corrected chi connectivity index (χ1v) is 13.9. The van der Waals surface area contributed by atoms with Gasteiger partial charge in [0.15, 0.2) is 0 Å². The Labute approximate surface area is 218 Å². The molecule has 6 heteroatoms. The highest BCUT2D eigenvalue weighted by atomic mass is 32.1. The van der Waals surface area contributed by atoms with Gasteiger partial charge in [0, 0.05) is 37.2 Å². The SMILES string of the molecule is CCCCN1COCc2cc(-c3ccc4c(c3)sc3cc(-c5ccc(OC)cc5)ccc34)sc2C1=O. The van der Waals surface area contributed by atoms with Crippen molar-refractivity contribution < 1.29 is 14.3 Å². The first kappa shape index (κ1) is 23.2. The summed E-state index contributed by atoms with van der Waals surface area (Å²) in [5, 5.41) is 2.54. The van der Waals surface area contributed by atoms with Crippen molar-refractivity contribution in [2.24, 2.45) is 0 Å². The highest BCUT2D eigenvalue weighted by Gasteiger charge is 2.25. The van der Waals surface area contributed by atoms with Crippen LogP contribution in [0.5, 0.6) is 5.75 Å². The van der Waals surface area contributed by atoms with Gasteiger partial charge < -0.3 is 14.4 Å². The van der Waals surface area contributed by atoms with Crippen LogP contribution in [-0.4, -0.2) is 31.2 Å². The van der Waals surface area contributed by atoms with Gasteiger partial charge in [-0.3, -0.25) is 4.79 Å². The third-order valence-corrected chi connectivity index (χ3v) is 9.09. The van der Waals surface area contributed by atoms with Crippen molar-refractivity contribution in [2.45, 2.75) is 26.4 Å². The fraction of sp³-hybridized carbons (Fsp3) is 0.233. The van der Waals surface area contributed by atoms with E-state index in [0.717, 1.165) is 46.0 Å². The van der Waals surface area contributed by atoms with E-state index in [1.807, 2.05) is 28.4 Å². The lowest BCUT2D eigenvalue weighted by molar-refractivity contribution is 0.0239. The molecule has 5 aromatic rings. The quantitative estimate of drug-likeness (QED) is 0.230. The van der Waals surface area contributed by atoms with Crippen LogP contribution < -0.4 is 4.74 Å². The predicted octanol–water partition coefficient (Wildman–Crippen LogP) is 8.19. The average Bonchev–Trinajstić information content (AvgIpc) is 3.47. The maximum Gasteiger partial charge on any atom is 0.266 e. The molecule has 0 spiro atoms. The van der Waals surface area contributed by atoms with E-state index < -0.39 is 0 Å². The topological polar surface area (TPSA) is 38.8 Å². The second-order valence-electron chi connectivity index (χ2n) is 9.12. The number of hydrogen-bond acceptors (Lipinski definition) is 5. The standard InChI is InChI=1S/C30H27NO3S2/c1-3-4-13-31-18-34-17-22-16-26(36-29(22)30(31)32)21-8-12-25-24-11-7-20(14-27(24)35-28(25)15-21)19-5-9-23(33-2)10-6-19/h5-12,14-16H,3-4,13,17-18H2,1-2H3.